The van der Waals surface area contributed by atoms with Crippen molar-refractivity contribution >= 4 is 21.2 Å². The van der Waals surface area contributed by atoms with Gasteiger partial charge in [0.25, 0.3) is 0 Å². The molecule has 0 saturated heterocycles. The second-order valence-corrected chi connectivity index (χ2v) is 12.9. The molecule has 204 valence electrons. The highest BCUT2D eigenvalue weighted by atomic mass is 28.2. The molecule has 42 heavy (non-hydrogen) atoms. The van der Waals surface area contributed by atoms with Crippen molar-refractivity contribution in [1.29, 1.82) is 0 Å². The molecule has 0 spiro atoms. The summed E-state index contributed by atoms with van der Waals surface area (Å²) in [4.78, 5) is 0. The van der Waals surface area contributed by atoms with Gasteiger partial charge < -0.3 is 0 Å². The molecule has 0 aliphatic heterocycles. The number of hydrogen-bond acceptors (Lipinski definition) is 0. The summed E-state index contributed by atoms with van der Waals surface area (Å²) in [6, 6.07) is 47.0. The second kappa shape index (κ2) is 11.6. The van der Waals surface area contributed by atoms with Crippen LogP contribution >= 0.6 is 0 Å². The third-order valence-corrected chi connectivity index (χ3v) is 11.1. The molecule has 0 heterocycles. The van der Waals surface area contributed by atoms with E-state index in [-0.39, 0.29) is 0 Å². The zero-order valence-corrected chi connectivity index (χ0v) is 25.5. The van der Waals surface area contributed by atoms with Gasteiger partial charge in [-0.25, -0.2) is 0 Å². The average molecular weight is 557 g/mol. The molecule has 2 radical (unpaired) electrons. The highest BCUT2D eigenvalue weighted by Crippen LogP contribution is 2.51. The number of rotatable bonds is 8. The first-order valence-electron chi connectivity index (χ1n) is 15.4. The van der Waals surface area contributed by atoms with E-state index in [2.05, 4.69) is 147 Å². The van der Waals surface area contributed by atoms with Gasteiger partial charge in [-0.3, -0.25) is 0 Å². The largest absolute Gasteiger partial charge is 0.0678 e. The molecule has 5 aromatic rings. The molecule has 0 bridgehead atoms. The fourth-order valence-electron chi connectivity index (χ4n) is 7.14. The molecular formula is C41H36Si. The van der Waals surface area contributed by atoms with Crippen molar-refractivity contribution in [3.8, 4) is 22.3 Å². The molecule has 0 saturated carbocycles. The summed E-state index contributed by atoms with van der Waals surface area (Å²) < 4.78 is 0. The molecule has 0 nitrogen and oxygen atoms in total. The van der Waals surface area contributed by atoms with Crippen molar-refractivity contribution in [2.75, 3.05) is 0 Å². The van der Waals surface area contributed by atoms with Gasteiger partial charge in [-0.2, -0.15) is 0 Å². The molecule has 0 aromatic heterocycles. The van der Waals surface area contributed by atoms with Crippen LogP contribution in [0, 0.1) is 0 Å². The van der Waals surface area contributed by atoms with Crippen LogP contribution in [0.3, 0.4) is 0 Å². The molecule has 1 heteroatoms. The van der Waals surface area contributed by atoms with Crippen molar-refractivity contribution in [3.05, 3.63) is 166 Å². The lowest BCUT2D eigenvalue weighted by Gasteiger charge is -2.23. The monoisotopic (exact) mass is 556 g/mol. The summed E-state index contributed by atoms with van der Waals surface area (Å²) in [5.74, 6) is 0. The lowest BCUT2D eigenvalue weighted by Crippen LogP contribution is -2.18. The van der Waals surface area contributed by atoms with Gasteiger partial charge in [0.1, 0.15) is 0 Å². The Labute approximate surface area is 253 Å². The Bertz CT molecular complexity index is 1780. The first-order chi connectivity index (χ1) is 20.8. The van der Waals surface area contributed by atoms with Gasteiger partial charge in [-0.1, -0.05) is 158 Å². The Balaban J connectivity index is 1.36. The maximum Gasteiger partial charge on any atom is 0.0678 e. The number of benzene rings is 5. The quantitative estimate of drug-likeness (QED) is 0.167. The normalized spacial score (nSPS) is 17.2. The van der Waals surface area contributed by atoms with Crippen LogP contribution in [0.4, 0.5) is 0 Å². The predicted molar refractivity (Wildman–Crippen MR) is 181 cm³/mol. The minimum atomic E-state index is 0.443. The van der Waals surface area contributed by atoms with E-state index in [9.17, 15) is 0 Å². The first-order valence-corrected chi connectivity index (χ1v) is 16.5. The van der Waals surface area contributed by atoms with Crippen molar-refractivity contribution < 1.29 is 0 Å². The number of hydrogen-bond donors (Lipinski definition) is 0. The molecule has 0 amide bonds. The Hall–Kier alpha value is -4.20. The summed E-state index contributed by atoms with van der Waals surface area (Å²) >= 11 is 0. The molecule has 7 rings (SSSR count). The van der Waals surface area contributed by atoms with E-state index >= 15 is 0 Å². The summed E-state index contributed by atoms with van der Waals surface area (Å²) in [6.07, 6.45) is 5.67. The Morgan fingerprint density at radius 1 is 0.548 bits per heavy atom. The predicted octanol–water partition coefficient (Wildman–Crippen LogP) is 10.7. The minimum Gasteiger partial charge on any atom is -0.0656 e. The molecule has 2 unspecified atom stereocenters. The average Bonchev–Trinajstić information content (AvgIpc) is 3.57. The van der Waals surface area contributed by atoms with Crippen LogP contribution in [0.15, 0.2) is 139 Å². The summed E-state index contributed by atoms with van der Waals surface area (Å²) in [5.41, 5.74) is 18.4. The van der Waals surface area contributed by atoms with Gasteiger partial charge in [0, 0.05) is 0 Å². The van der Waals surface area contributed by atoms with Gasteiger partial charge in [0.05, 0.1) is 9.52 Å². The van der Waals surface area contributed by atoms with E-state index in [4.69, 9.17) is 0 Å². The number of allylic oxidation sites excluding steroid dienone is 3. The van der Waals surface area contributed by atoms with Crippen LogP contribution in [-0.2, 0) is 6.42 Å². The molecule has 2 aliphatic rings. The van der Waals surface area contributed by atoms with E-state index in [1.807, 2.05) is 0 Å². The van der Waals surface area contributed by atoms with Crippen LogP contribution in [-0.4, -0.2) is 9.52 Å². The standard InChI is InChI=1S/C41H36Si/c1-3-29-27-37-33(30-18-10-6-11-19-30)22-14-24-35(37)40(29)42-41-32(4-2)38(26-28-16-8-5-9-17-28)39-34(23-15-25-36(39)41)31-20-12-7-13-21-31/h5-25,27,40-41H,3-4,26H2,1-2H3. The van der Waals surface area contributed by atoms with Crippen LogP contribution in [0.5, 0.6) is 0 Å². The van der Waals surface area contributed by atoms with Crippen molar-refractivity contribution in [2.45, 2.75) is 44.2 Å². The van der Waals surface area contributed by atoms with E-state index in [1.165, 1.54) is 50.1 Å². The Kier molecular flexibility index (Phi) is 7.36. The van der Waals surface area contributed by atoms with Crippen LogP contribution < -0.4 is 0 Å². The van der Waals surface area contributed by atoms with Crippen LogP contribution in [0.1, 0.15) is 65.6 Å². The van der Waals surface area contributed by atoms with Gasteiger partial charge in [0.15, 0.2) is 0 Å². The molecule has 5 aromatic carbocycles. The molecule has 0 fully saturated rings. The van der Waals surface area contributed by atoms with E-state index in [0.29, 0.717) is 11.1 Å². The zero-order valence-electron chi connectivity index (χ0n) is 24.5. The smallest absolute Gasteiger partial charge is 0.0656 e. The maximum absolute atomic E-state index is 2.52. The fraction of sp³-hybridized carbons (Fsp3) is 0.171. The summed E-state index contributed by atoms with van der Waals surface area (Å²) in [6.45, 7) is 4.71. The van der Waals surface area contributed by atoms with E-state index in [0.717, 1.165) is 28.8 Å². The maximum atomic E-state index is 2.52. The van der Waals surface area contributed by atoms with E-state index in [1.54, 1.807) is 16.7 Å². The summed E-state index contributed by atoms with van der Waals surface area (Å²) in [7, 11) is 0.776. The highest BCUT2D eigenvalue weighted by molar-refractivity contribution is 6.44. The lowest BCUT2D eigenvalue weighted by molar-refractivity contribution is 0.940. The van der Waals surface area contributed by atoms with Crippen LogP contribution in [0.2, 0.25) is 0 Å². The summed E-state index contributed by atoms with van der Waals surface area (Å²) in [5, 5.41) is 0. The lowest BCUT2D eigenvalue weighted by atomic mass is 9.90. The first kappa shape index (κ1) is 26.7. The third kappa shape index (κ3) is 4.72. The van der Waals surface area contributed by atoms with Gasteiger partial charge in [0.2, 0.25) is 0 Å². The SMILES string of the molecule is CCC1=Cc2c(-c3ccccc3)cccc2C1[Si]C1C(CC)=C(Cc2ccccc2)c2c(-c3ccccc3)cccc21. The zero-order chi connectivity index (χ0) is 28.5. The van der Waals surface area contributed by atoms with Crippen molar-refractivity contribution in [2.24, 2.45) is 0 Å². The molecule has 2 aliphatic carbocycles. The fourth-order valence-corrected chi connectivity index (χ4v) is 9.41. The van der Waals surface area contributed by atoms with Crippen LogP contribution in [0.25, 0.3) is 33.9 Å². The molecule has 2 atom stereocenters. The topological polar surface area (TPSA) is 0 Å². The number of fused-ring (bicyclic) bond motifs is 2. The Morgan fingerprint density at radius 2 is 1.14 bits per heavy atom. The van der Waals surface area contributed by atoms with Crippen molar-refractivity contribution in [1.82, 2.24) is 0 Å². The van der Waals surface area contributed by atoms with Gasteiger partial charge >= 0.3 is 0 Å². The second-order valence-electron chi connectivity index (χ2n) is 11.4. The highest BCUT2D eigenvalue weighted by Gasteiger charge is 2.37. The third-order valence-electron chi connectivity index (χ3n) is 9.11. The molecule has 0 N–H and O–H groups in total. The van der Waals surface area contributed by atoms with Crippen molar-refractivity contribution in [3.63, 3.8) is 0 Å². The van der Waals surface area contributed by atoms with Gasteiger partial charge in [-0.05, 0) is 86.0 Å². The minimum absolute atomic E-state index is 0.443. The Morgan fingerprint density at radius 3 is 1.79 bits per heavy atom. The van der Waals surface area contributed by atoms with E-state index < -0.39 is 0 Å². The molecular weight excluding hydrogens is 521 g/mol. The van der Waals surface area contributed by atoms with Gasteiger partial charge in [-0.15, -0.1) is 0 Å².